The van der Waals surface area contributed by atoms with Gasteiger partial charge in [0, 0.05) is 16.3 Å². The average molecular weight is 624 g/mol. The summed E-state index contributed by atoms with van der Waals surface area (Å²) in [6, 6.07) is 27.0. The van der Waals surface area contributed by atoms with Crippen LogP contribution < -0.4 is 15.0 Å². The van der Waals surface area contributed by atoms with Gasteiger partial charge in [-0.25, -0.2) is 0 Å². The van der Waals surface area contributed by atoms with Gasteiger partial charge in [0.05, 0.1) is 27.8 Å². The number of hydrogen-bond donors (Lipinski definition) is 3. The van der Waals surface area contributed by atoms with Crippen molar-refractivity contribution in [1.29, 1.82) is 0 Å². The van der Waals surface area contributed by atoms with Crippen molar-refractivity contribution >= 4 is 48.8 Å². The number of halogens is 1. The highest BCUT2D eigenvalue weighted by atomic mass is 35.5. The topological polar surface area (TPSA) is 129 Å². The Kier molecular flexibility index (Phi) is 9.66. The minimum absolute atomic E-state index is 0.0885. The molecular weight excluding hydrogens is 594 g/mol. The molecule has 42 heavy (non-hydrogen) atoms. The van der Waals surface area contributed by atoms with Crippen LogP contribution in [0.4, 0.5) is 5.69 Å². The molecule has 4 aromatic rings. The molecule has 0 saturated heterocycles. The summed E-state index contributed by atoms with van der Waals surface area (Å²) in [5, 5.41) is 12.2. The molecule has 4 aromatic carbocycles. The zero-order chi connectivity index (χ0) is 30.3. The van der Waals surface area contributed by atoms with Crippen molar-refractivity contribution in [2.75, 3.05) is 11.9 Å². The molecule has 9 nitrogen and oxygen atoms in total. The third-order valence-corrected chi connectivity index (χ3v) is 8.94. The fourth-order valence-electron chi connectivity index (χ4n) is 3.82. The molecule has 0 saturated carbocycles. The van der Waals surface area contributed by atoms with E-state index in [-0.39, 0.29) is 16.3 Å². The Morgan fingerprint density at radius 1 is 0.690 bits per heavy atom. The van der Waals surface area contributed by atoms with Crippen LogP contribution in [0.1, 0.15) is 29.2 Å². The molecule has 0 atom stereocenters. The van der Waals surface area contributed by atoms with Gasteiger partial charge in [0.1, 0.15) is 0 Å². The number of benzene rings is 4. The number of para-hydroxylation sites is 1. The van der Waals surface area contributed by atoms with Crippen LogP contribution in [0.15, 0.2) is 117 Å². The highest BCUT2D eigenvalue weighted by molar-refractivity contribution is 7.89. The number of rotatable bonds is 11. The molecule has 0 aliphatic carbocycles. The monoisotopic (exact) mass is 623 g/mol. The molecule has 0 fully saturated rings. The van der Waals surface area contributed by atoms with Crippen LogP contribution in [0.2, 0.25) is 5.02 Å². The van der Waals surface area contributed by atoms with Crippen LogP contribution in [0, 0.1) is 13.8 Å². The molecule has 218 valence electrons. The smallest absolute Gasteiger partial charge is 0.276 e. The summed E-state index contributed by atoms with van der Waals surface area (Å²) in [7, 11) is -7.77. The van der Waals surface area contributed by atoms with E-state index < -0.39 is 20.0 Å². The van der Waals surface area contributed by atoms with Crippen molar-refractivity contribution in [2.45, 2.75) is 30.6 Å². The Balaban J connectivity index is 1.57. The molecule has 0 unspecified atom stereocenters. The predicted octanol–water partition coefficient (Wildman–Crippen LogP) is 5.45. The minimum atomic E-state index is -3.92. The molecular formula is C30H30ClN5O4S2. The Labute approximate surface area is 251 Å². The van der Waals surface area contributed by atoms with Gasteiger partial charge in [-0.2, -0.15) is 36.7 Å². The van der Waals surface area contributed by atoms with E-state index in [4.69, 9.17) is 11.6 Å². The second kappa shape index (κ2) is 13.2. The van der Waals surface area contributed by atoms with E-state index >= 15 is 0 Å². The van der Waals surface area contributed by atoms with Crippen molar-refractivity contribution in [1.82, 2.24) is 9.66 Å². The molecule has 0 radical (unpaired) electrons. The lowest BCUT2D eigenvalue weighted by atomic mass is 10.1. The van der Waals surface area contributed by atoms with Crippen LogP contribution in [0.3, 0.4) is 0 Å². The average Bonchev–Trinajstić information content (AvgIpc) is 2.97. The van der Waals surface area contributed by atoms with Gasteiger partial charge in [-0.1, -0.05) is 77.3 Å². The third-order valence-electron chi connectivity index (χ3n) is 6.24. The number of sulfonamides is 2. The summed E-state index contributed by atoms with van der Waals surface area (Å²) in [6.45, 7) is 5.55. The van der Waals surface area contributed by atoms with E-state index in [1.807, 2.05) is 19.9 Å². The van der Waals surface area contributed by atoms with Gasteiger partial charge in [-0.05, 0) is 68.8 Å². The van der Waals surface area contributed by atoms with E-state index in [1.54, 1.807) is 73.7 Å². The Hall–Kier alpha value is -4.19. The number of nitrogens with zero attached hydrogens (tertiary/aromatic N) is 2. The van der Waals surface area contributed by atoms with Gasteiger partial charge in [-0.3, -0.25) is 0 Å². The molecule has 3 N–H and O–H groups in total. The summed E-state index contributed by atoms with van der Waals surface area (Å²) in [4.78, 5) is 4.81. The minimum Gasteiger partial charge on any atom is -0.379 e. The van der Waals surface area contributed by atoms with Crippen molar-refractivity contribution in [3.8, 4) is 0 Å². The van der Waals surface area contributed by atoms with Gasteiger partial charge in [0.25, 0.3) is 20.0 Å². The molecule has 12 heteroatoms. The standard InChI is InChI=1S/C30H30ClN5O4S2/c1-21-8-16-26(17-9-21)41(37,38)35-33-23(3)28-6-4-5-7-29(28)32-20-30(24-12-14-25(31)15-13-24)34-36-42(39,40)27-18-10-22(2)11-19-27/h4-19,32,35-36H,20H2,1-3H3/b33-23+,34-30-. The second-order valence-corrected chi connectivity index (χ2v) is 13.2. The molecule has 0 bridgehead atoms. The molecule has 0 spiro atoms. The maximum atomic E-state index is 12.9. The first-order chi connectivity index (χ1) is 19.9. The zero-order valence-electron chi connectivity index (χ0n) is 23.2. The molecule has 0 aliphatic rings. The summed E-state index contributed by atoms with van der Waals surface area (Å²) in [5.41, 5.74) is 4.61. The quantitative estimate of drug-likeness (QED) is 0.151. The Bertz CT molecular complexity index is 1820. The molecule has 0 heterocycles. The van der Waals surface area contributed by atoms with Crippen LogP contribution in [0.25, 0.3) is 0 Å². The normalized spacial score (nSPS) is 12.6. The molecule has 0 amide bonds. The SMILES string of the molecule is C/C(=N\NS(=O)(=O)c1ccc(C)cc1)c1ccccc1NC/C(=N/NS(=O)(=O)c1ccc(C)cc1)c1ccc(Cl)cc1. The summed E-state index contributed by atoms with van der Waals surface area (Å²) in [5.74, 6) is 0. The van der Waals surface area contributed by atoms with E-state index in [1.165, 1.54) is 24.3 Å². The maximum absolute atomic E-state index is 12.9. The van der Waals surface area contributed by atoms with Gasteiger partial charge >= 0.3 is 0 Å². The summed E-state index contributed by atoms with van der Waals surface area (Å²) in [6.07, 6.45) is 0. The van der Waals surface area contributed by atoms with Gasteiger partial charge in [0.15, 0.2) is 0 Å². The molecule has 0 aromatic heterocycles. The van der Waals surface area contributed by atoms with Crippen LogP contribution in [0.5, 0.6) is 0 Å². The fourth-order valence-corrected chi connectivity index (χ4v) is 5.64. The summed E-state index contributed by atoms with van der Waals surface area (Å²) < 4.78 is 51.2. The number of hydrogen-bond acceptors (Lipinski definition) is 7. The van der Waals surface area contributed by atoms with Crippen LogP contribution in [-0.4, -0.2) is 34.8 Å². The van der Waals surface area contributed by atoms with Crippen molar-refractivity contribution < 1.29 is 16.8 Å². The lowest BCUT2D eigenvalue weighted by Gasteiger charge is -2.14. The third kappa shape index (κ3) is 7.96. The largest absolute Gasteiger partial charge is 0.379 e. The van der Waals surface area contributed by atoms with Gasteiger partial charge in [0.2, 0.25) is 0 Å². The Morgan fingerprint density at radius 3 is 1.74 bits per heavy atom. The molecule has 4 rings (SSSR count). The Morgan fingerprint density at radius 2 is 1.19 bits per heavy atom. The number of nitrogens with one attached hydrogen (secondary N) is 3. The zero-order valence-corrected chi connectivity index (χ0v) is 25.6. The highest BCUT2D eigenvalue weighted by Gasteiger charge is 2.16. The van der Waals surface area contributed by atoms with E-state index in [2.05, 4.69) is 25.2 Å². The number of anilines is 1. The van der Waals surface area contributed by atoms with Crippen LogP contribution >= 0.6 is 11.6 Å². The van der Waals surface area contributed by atoms with Gasteiger partial charge in [-0.15, -0.1) is 0 Å². The van der Waals surface area contributed by atoms with E-state index in [0.717, 1.165) is 11.1 Å². The first-order valence-corrected chi connectivity index (χ1v) is 16.2. The highest BCUT2D eigenvalue weighted by Crippen LogP contribution is 2.18. The fraction of sp³-hybridized carbons (Fsp3) is 0.133. The van der Waals surface area contributed by atoms with Crippen molar-refractivity contribution in [3.05, 3.63) is 124 Å². The molecule has 0 aliphatic heterocycles. The van der Waals surface area contributed by atoms with Crippen LogP contribution in [-0.2, 0) is 20.0 Å². The first kappa shape index (κ1) is 30.8. The first-order valence-electron chi connectivity index (χ1n) is 12.8. The number of hydrazone groups is 2. The lowest BCUT2D eigenvalue weighted by molar-refractivity contribution is 0.582. The second-order valence-electron chi connectivity index (χ2n) is 9.48. The lowest BCUT2D eigenvalue weighted by Crippen LogP contribution is -2.24. The maximum Gasteiger partial charge on any atom is 0.276 e. The summed E-state index contributed by atoms with van der Waals surface area (Å²) >= 11 is 6.07. The van der Waals surface area contributed by atoms with E-state index in [9.17, 15) is 16.8 Å². The van der Waals surface area contributed by atoms with Crippen molar-refractivity contribution in [2.24, 2.45) is 10.2 Å². The van der Waals surface area contributed by atoms with Gasteiger partial charge < -0.3 is 5.32 Å². The van der Waals surface area contributed by atoms with Crippen molar-refractivity contribution in [3.63, 3.8) is 0 Å². The number of aryl methyl sites for hydroxylation is 2. The predicted molar refractivity (Wildman–Crippen MR) is 168 cm³/mol. The van der Waals surface area contributed by atoms with E-state index in [0.29, 0.717) is 33.3 Å².